The second-order valence-corrected chi connectivity index (χ2v) is 8.49. The van der Waals surface area contributed by atoms with Crippen molar-refractivity contribution in [2.75, 3.05) is 5.01 Å². The highest BCUT2D eigenvalue weighted by Crippen LogP contribution is 2.40. The summed E-state index contributed by atoms with van der Waals surface area (Å²) in [6.45, 7) is 8.33. The van der Waals surface area contributed by atoms with E-state index in [4.69, 9.17) is 4.74 Å². The number of carbonyl (C=O) groups excluding carboxylic acids is 3. The molecule has 2 aromatic carbocycles. The molecule has 7 nitrogen and oxygen atoms in total. The third-order valence-electron chi connectivity index (χ3n) is 4.86. The van der Waals surface area contributed by atoms with Crippen LogP contribution in [0.4, 0.5) is 14.9 Å². The fraction of sp³-hybridized carbons (Fsp3) is 0.348. The number of carbonyl (C=O) groups is 3. The molecule has 1 unspecified atom stereocenters. The number of hydrogen-bond acceptors (Lipinski definition) is 4. The number of rotatable bonds is 3. The molecule has 0 radical (unpaired) electrons. The summed E-state index contributed by atoms with van der Waals surface area (Å²) in [5.74, 6) is -2.02. The number of ether oxygens (including phenoxy) is 1. The van der Waals surface area contributed by atoms with Crippen LogP contribution in [-0.4, -0.2) is 29.6 Å². The summed E-state index contributed by atoms with van der Waals surface area (Å²) in [6, 6.07) is 10.3. The van der Waals surface area contributed by atoms with Gasteiger partial charge >= 0.3 is 6.09 Å². The number of hydrogen-bond donors (Lipinski definition) is 2. The zero-order valence-electron chi connectivity index (χ0n) is 18.2. The van der Waals surface area contributed by atoms with E-state index in [1.165, 1.54) is 19.1 Å². The van der Waals surface area contributed by atoms with Crippen LogP contribution in [0.15, 0.2) is 42.5 Å². The van der Waals surface area contributed by atoms with E-state index in [1.807, 2.05) is 0 Å². The lowest BCUT2D eigenvalue weighted by Crippen LogP contribution is -2.54. The minimum atomic E-state index is -0.965. The molecular weight excluding hydrogens is 401 g/mol. The van der Waals surface area contributed by atoms with Crippen LogP contribution < -0.4 is 15.8 Å². The number of anilines is 1. The van der Waals surface area contributed by atoms with E-state index in [0.29, 0.717) is 22.4 Å². The number of nitrogens with zero attached hydrogens (tertiary/aromatic N) is 1. The van der Waals surface area contributed by atoms with Gasteiger partial charge in [0.05, 0.1) is 11.6 Å². The molecule has 0 saturated carbocycles. The molecule has 0 fully saturated rings. The number of nitrogens with one attached hydrogen (secondary N) is 2. The Morgan fingerprint density at radius 2 is 1.81 bits per heavy atom. The maximum Gasteiger partial charge on any atom is 0.408 e. The third kappa shape index (κ3) is 4.84. The molecule has 0 bridgehead atoms. The second-order valence-electron chi connectivity index (χ2n) is 8.49. The van der Waals surface area contributed by atoms with Crippen molar-refractivity contribution in [1.82, 2.24) is 10.7 Å². The van der Waals surface area contributed by atoms with E-state index in [2.05, 4.69) is 10.7 Å². The van der Waals surface area contributed by atoms with Crippen LogP contribution in [0.5, 0.6) is 0 Å². The maximum absolute atomic E-state index is 14.0. The average molecular weight is 427 g/mol. The highest BCUT2D eigenvalue weighted by molar-refractivity contribution is 6.06. The van der Waals surface area contributed by atoms with Crippen LogP contribution in [0.2, 0.25) is 0 Å². The number of benzene rings is 2. The van der Waals surface area contributed by atoms with Crippen LogP contribution in [-0.2, 0) is 14.3 Å². The van der Waals surface area contributed by atoms with Crippen molar-refractivity contribution >= 4 is 23.6 Å². The van der Waals surface area contributed by atoms with Gasteiger partial charge in [0, 0.05) is 5.56 Å². The van der Waals surface area contributed by atoms with E-state index in [0.717, 1.165) is 5.01 Å². The molecule has 31 heavy (non-hydrogen) atoms. The van der Waals surface area contributed by atoms with E-state index in [-0.39, 0.29) is 5.91 Å². The van der Waals surface area contributed by atoms with Crippen LogP contribution in [0.25, 0.3) is 11.1 Å². The van der Waals surface area contributed by atoms with Gasteiger partial charge in [-0.2, -0.15) is 0 Å². The van der Waals surface area contributed by atoms with E-state index >= 15 is 0 Å². The molecule has 3 rings (SSSR count). The Bertz CT molecular complexity index is 1030. The zero-order chi connectivity index (χ0) is 22.9. The van der Waals surface area contributed by atoms with Gasteiger partial charge in [-0.25, -0.2) is 14.2 Å². The zero-order valence-corrected chi connectivity index (χ0v) is 18.2. The van der Waals surface area contributed by atoms with Crippen molar-refractivity contribution in [3.05, 3.63) is 53.8 Å². The predicted molar refractivity (Wildman–Crippen MR) is 115 cm³/mol. The fourth-order valence-corrected chi connectivity index (χ4v) is 3.35. The molecule has 1 aliphatic rings. The first kappa shape index (κ1) is 22.3. The van der Waals surface area contributed by atoms with Gasteiger partial charge in [0.25, 0.3) is 11.8 Å². The molecule has 2 aromatic rings. The van der Waals surface area contributed by atoms with Gasteiger partial charge < -0.3 is 10.1 Å². The molecular formula is C23H26FN3O4. The Morgan fingerprint density at radius 3 is 2.48 bits per heavy atom. The van der Waals surface area contributed by atoms with Crippen molar-refractivity contribution in [3.63, 3.8) is 0 Å². The molecule has 0 aromatic heterocycles. The first-order valence-electron chi connectivity index (χ1n) is 10.0. The molecule has 1 heterocycles. The van der Waals surface area contributed by atoms with Crippen LogP contribution in [0.1, 0.15) is 46.1 Å². The van der Waals surface area contributed by atoms with Crippen molar-refractivity contribution in [2.45, 2.75) is 52.2 Å². The fourth-order valence-electron chi connectivity index (χ4n) is 3.35. The summed E-state index contributed by atoms with van der Waals surface area (Å²) in [4.78, 5) is 38.0. The predicted octanol–water partition coefficient (Wildman–Crippen LogP) is 3.89. The molecule has 8 heteroatoms. The summed E-state index contributed by atoms with van der Waals surface area (Å²) < 4.78 is 19.1. The smallest absolute Gasteiger partial charge is 0.408 e. The Labute approximate surface area is 180 Å². The summed E-state index contributed by atoms with van der Waals surface area (Å²) >= 11 is 0. The van der Waals surface area contributed by atoms with Gasteiger partial charge in [-0.3, -0.25) is 15.0 Å². The maximum atomic E-state index is 14.0. The number of alkyl carbamates (subject to hydrolysis) is 1. The first-order chi connectivity index (χ1) is 14.5. The normalized spacial score (nSPS) is 16.5. The second kappa shape index (κ2) is 8.37. The summed E-state index contributed by atoms with van der Waals surface area (Å²) in [5, 5.41) is 3.62. The highest BCUT2D eigenvalue weighted by Gasteiger charge is 2.33. The molecule has 0 aliphatic carbocycles. The van der Waals surface area contributed by atoms with Gasteiger partial charge in [0.1, 0.15) is 17.5 Å². The number of hydrazine groups is 1. The Balaban J connectivity index is 1.89. The van der Waals surface area contributed by atoms with Gasteiger partial charge in [0.15, 0.2) is 0 Å². The number of fused-ring (bicyclic) bond motifs is 3. The van der Waals surface area contributed by atoms with Crippen molar-refractivity contribution < 1.29 is 23.5 Å². The average Bonchev–Trinajstić information content (AvgIpc) is 2.76. The molecule has 1 aliphatic heterocycles. The minimum absolute atomic E-state index is 0.379. The first-order valence-corrected chi connectivity index (χ1v) is 10.0. The SMILES string of the molecule is CC1C(=O)N(NC(=O)[C@H](C)NC(=O)OC(C)(C)C)c2ccccc2-c2cc(F)ccc21. The summed E-state index contributed by atoms with van der Waals surface area (Å²) in [7, 11) is 0. The molecule has 0 spiro atoms. The van der Waals surface area contributed by atoms with Gasteiger partial charge in [0.2, 0.25) is 0 Å². The lowest BCUT2D eigenvalue weighted by atomic mass is 9.92. The molecule has 0 saturated heterocycles. The third-order valence-corrected chi connectivity index (χ3v) is 4.86. The Morgan fingerprint density at radius 1 is 1.13 bits per heavy atom. The molecule has 3 amide bonds. The summed E-state index contributed by atoms with van der Waals surface area (Å²) in [6.07, 6.45) is -0.742. The topological polar surface area (TPSA) is 87.7 Å². The standard InChI is InChI=1S/C23H26FN3O4/c1-13-16-11-10-15(24)12-18(16)17-8-6-7-9-19(17)27(21(13)29)26-20(28)14(2)25-22(30)31-23(3,4)5/h6-14H,1-5H3,(H,25,30)(H,26,28)/t13?,14-/m0/s1. The monoisotopic (exact) mass is 427 g/mol. The number of para-hydroxylation sites is 1. The molecule has 2 N–H and O–H groups in total. The number of halogens is 1. The minimum Gasteiger partial charge on any atom is -0.444 e. The van der Waals surface area contributed by atoms with Crippen molar-refractivity contribution in [3.8, 4) is 11.1 Å². The van der Waals surface area contributed by atoms with Crippen molar-refractivity contribution in [2.24, 2.45) is 0 Å². The van der Waals surface area contributed by atoms with Gasteiger partial charge in [-0.1, -0.05) is 24.3 Å². The number of amides is 3. The van der Waals surface area contributed by atoms with Crippen LogP contribution >= 0.6 is 0 Å². The lowest BCUT2D eigenvalue weighted by Gasteiger charge is -2.27. The Hall–Kier alpha value is -3.42. The van der Waals surface area contributed by atoms with Crippen LogP contribution in [0, 0.1) is 5.82 Å². The quantitative estimate of drug-likeness (QED) is 0.778. The van der Waals surface area contributed by atoms with Crippen LogP contribution in [0.3, 0.4) is 0 Å². The van der Waals surface area contributed by atoms with Gasteiger partial charge in [-0.05, 0) is 63.9 Å². The van der Waals surface area contributed by atoms with E-state index < -0.39 is 35.4 Å². The molecule has 164 valence electrons. The van der Waals surface area contributed by atoms with E-state index in [1.54, 1.807) is 58.0 Å². The van der Waals surface area contributed by atoms with E-state index in [9.17, 15) is 18.8 Å². The highest BCUT2D eigenvalue weighted by atomic mass is 19.1. The largest absolute Gasteiger partial charge is 0.444 e. The van der Waals surface area contributed by atoms with Crippen molar-refractivity contribution in [1.29, 1.82) is 0 Å². The lowest BCUT2D eigenvalue weighted by molar-refractivity contribution is -0.127. The molecule has 2 atom stereocenters. The Kier molecular flexibility index (Phi) is 6.01. The van der Waals surface area contributed by atoms with Gasteiger partial charge in [-0.15, -0.1) is 0 Å². The summed E-state index contributed by atoms with van der Waals surface area (Å²) in [5.41, 5.74) is 4.17.